The Bertz CT molecular complexity index is 488. The number of hydrogen-bond acceptors (Lipinski definition) is 4. The second-order valence-corrected chi connectivity index (χ2v) is 5.73. The maximum absolute atomic E-state index is 10.9. The summed E-state index contributed by atoms with van der Waals surface area (Å²) in [6.07, 6.45) is 1.70. The summed E-state index contributed by atoms with van der Waals surface area (Å²) in [5.74, 6) is 3.21. The molecule has 0 unspecified atom stereocenters. The lowest BCUT2D eigenvalue weighted by Crippen LogP contribution is -2.42. The van der Waals surface area contributed by atoms with E-state index in [2.05, 4.69) is 20.2 Å². The SMILES string of the molecule is CC(=O)Nc1ccc(CN=C(N)N2CCSCC2)cn1.I. The van der Waals surface area contributed by atoms with E-state index in [1.54, 1.807) is 12.3 Å². The number of amides is 1. The Hall–Kier alpha value is -1.03. The molecule has 0 saturated carbocycles. The van der Waals surface area contributed by atoms with E-state index in [0.29, 0.717) is 18.3 Å². The summed E-state index contributed by atoms with van der Waals surface area (Å²) in [5, 5.41) is 2.63. The van der Waals surface area contributed by atoms with Crippen LogP contribution in [-0.2, 0) is 11.3 Å². The summed E-state index contributed by atoms with van der Waals surface area (Å²) in [5.41, 5.74) is 6.95. The van der Waals surface area contributed by atoms with Gasteiger partial charge in [-0.05, 0) is 11.6 Å². The minimum atomic E-state index is -0.129. The fraction of sp³-hybridized carbons (Fsp3) is 0.462. The highest BCUT2D eigenvalue weighted by Crippen LogP contribution is 2.10. The number of nitrogens with one attached hydrogen (secondary N) is 1. The van der Waals surface area contributed by atoms with Gasteiger partial charge in [-0.1, -0.05) is 6.07 Å². The van der Waals surface area contributed by atoms with E-state index in [0.717, 1.165) is 30.2 Å². The van der Waals surface area contributed by atoms with Gasteiger partial charge < -0.3 is 16.0 Å². The van der Waals surface area contributed by atoms with Gasteiger partial charge in [0.15, 0.2) is 5.96 Å². The van der Waals surface area contributed by atoms with E-state index < -0.39 is 0 Å². The second kappa shape index (κ2) is 9.08. The fourth-order valence-corrected chi connectivity index (χ4v) is 2.74. The van der Waals surface area contributed by atoms with Crippen molar-refractivity contribution in [2.24, 2.45) is 10.7 Å². The van der Waals surface area contributed by atoms with Crippen LogP contribution < -0.4 is 11.1 Å². The van der Waals surface area contributed by atoms with E-state index in [1.807, 2.05) is 17.8 Å². The molecular formula is C13H20IN5OS. The van der Waals surface area contributed by atoms with Gasteiger partial charge in [-0.15, -0.1) is 24.0 Å². The highest BCUT2D eigenvalue weighted by atomic mass is 127. The molecule has 8 heteroatoms. The first-order valence-corrected chi connectivity index (χ1v) is 7.66. The normalized spacial score (nSPS) is 15.3. The first-order chi connectivity index (χ1) is 9.65. The highest BCUT2D eigenvalue weighted by molar-refractivity contribution is 14.0. The third-order valence-electron chi connectivity index (χ3n) is 2.89. The van der Waals surface area contributed by atoms with Crippen LogP contribution >= 0.6 is 35.7 Å². The molecule has 0 spiro atoms. The molecule has 1 aliphatic rings. The lowest BCUT2D eigenvalue weighted by atomic mass is 10.3. The molecule has 0 bridgehead atoms. The molecule has 2 rings (SSSR count). The van der Waals surface area contributed by atoms with Crippen molar-refractivity contribution in [2.45, 2.75) is 13.5 Å². The molecule has 1 aromatic heterocycles. The van der Waals surface area contributed by atoms with Crippen molar-refractivity contribution in [3.63, 3.8) is 0 Å². The Morgan fingerprint density at radius 3 is 2.76 bits per heavy atom. The predicted molar refractivity (Wildman–Crippen MR) is 98.2 cm³/mol. The van der Waals surface area contributed by atoms with Gasteiger partial charge in [0.1, 0.15) is 5.82 Å². The van der Waals surface area contributed by atoms with Gasteiger partial charge in [0.05, 0.1) is 6.54 Å². The largest absolute Gasteiger partial charge is 0.370 e. The summed E-state index contributed by atoms with van der Waals surface area (Å²) in [7, 11) is 0. The van der Waals surface area contributed by atoms with Crippen molar-refractivity contribution in [2.75, 3.05) is 29.9 Å². The molecule has 1 fully saturated rings. The van der Waals surface area contributed by atoms with Crippen LogP contribution in [0.5, 0.6) is 0 Å². The van der Waals surface area contributed by atoms with Crippen molar-refractivity contribution in [3.05, 3.63) is 23.9 Å². The summed E-state index contributed by atoms with van der Waals surface area (Å²) in [4.78, 5) is 21.5. The predicted octanol–water partition coefficient (Wildman–Crippen LogP) is 1.52. The molecule has 0 aliphatic carbocycles. The van der Waals surface area contributed by atoms with Crippen LogP contribution in [0.15, 0.2) is 23.3 Å². The smallest absolute Gasteiger partial charge is 0.222 e. The number of halogens is 1. The summed E-state index contributed by atoms with van der Waals surface area (Å²) in [6.45, 7) is 3.87. The van der Waals surface area contributed by atoms with Gasteiger partial charge in [0.2, 0.25) is 5.91 Å². The van der Waals surface area contributed by atoms with Gasteiger partial charge in [-0.2, -0.15) is 11.8 Å². The van der Waals surface area contributed by atoms with Crippen LogP contribution in [0.25, 0.3) is 0 Å². The fourth-order valence-electron chi connectivity index (χ4n) is 1.84. The topological polar surface area (TPSA) is 83.6 Å². The molecule has 2 heterocycles. The Kier molecular flexibility index (Phi) is 7.79. The summed E-state index contributed by atoms with van der Waals surface area (Å²) in [6, 6.07) is 3.65. The van der Waals surface area contributed by atoms with Crippen LogP contribution in [-0.4, -0.2) is 46.3 Å². The van der Waals surface area contributed by atoms with Crippen LogP contribution in [0, 0.1) is 0 Å². The lowest BCUT2D eigenvalue weighted by molar-refractivity contribution is -0.114. The van der Waals surface area contributed by atoms with Crippen molar-refractivity contribution >= 4 is 53.4 Å². The minimum absolute atomic E-state index is 0. The quantitative estimate of drug-likeness (QED) is 0.440. The zero-order chi connectivity index (χ0) is 14.4. The Morgan fingerprint density at radius 1 is 1.48 bits per heavy atom. The highest BCUT2D eigenvalue weighted by Gasteiger charge is 2.11. The van der Waals surface area contributed by atoms with E-state index in [4.69, 9.17) is 5.73 Å². The molecular weight excluding hydrogens is 401 g/mol. The average molecular weight is 421 g/mol. The number of guanidine groups is 1. The van der Waals surface area contributed by atoms with Crippen molar-refractivity contribution in [3.8, 4) is 0 Å². The maximum atomic E-state index is 10.9. The number of aromatic nitrogens is 1. The van der Waals surface area contributed by atoms with Gasteiger partial charge in [-0.3, -0.25) is 4.79 Å². The minimum Gasteiger partial charge on any atom is -0.370 e. The van der Waals surface area contributed by atoms with E-state index in [9.17, 15) is 4.79 Å². The number of carbonyl (C=O) groups excluding carboxylic acids is 1. The molecule has 1 aliphatic heterocycles. The van der Waals surface area contributed by atoms with Crippen molar-refractivity contribution in [1.29, 1.82) is 0 Å². The van der Waals surface area contributed by atoms with Crippen molar-refractivity contribution in [1.82, 2.24) is 9.88 Å². The van der Waals surface area contributed by atoms with Gasteiger partial charge in [0.25, 0.3) is 0 Å². The summed E-state index contributed by atoms with van der Waals surface area (Å²) >= 11 is 1.94. The molecule has 1 amide bonds. The average Bonchev–Trinajstić information content (AvgIpc) is 2.46. The number of rotatable bonds is 3. The first kappa shape index (κ1) is 18.0. The molecule has 0 aromatic carbocycles. The summed E-state index contributed by atoms with van der Waals surface area (Å²) < 4.78 is 0. The first-order valence-electron chi connectivity index (χ1n) is 6.50. The zero-order valence-corrected chi connectivity index (χ0v) is 15.1. The number of nitrogens with two attached hydrogens (primary N) is 1. The number of anilines is 1. The molecule has 1 saturated heterocycles. The number of pyridine rings is 1. The Balaban J connectivity index is 0.00000220. The Labute approximate surface area is 146 Å². The second-order valence-electron chi connectivity index (χ2n) is 4.51. The number of aliphatic imine (C=N–C) groups is 1. The van der Waals surface area contributed by atoms with Gasteiger partial charge >= 0.3 is 0 Å². The van der Waals surface area contributed by atoms with E-state index in [-0.39, 0.29) is 29.9 Å². The maximum Gasteiger partial charge on any atom is 0.222 e. The van der Waals surface area contributed by atoms with Gasteiger partial charge in [0, 0.05) is 37.7 Å². The third kappa shape index (κ3) is 6.08. The number of nitrogens with zero attached hydrogens (tertiary/aromatic N) is 3. The zero-order valence-electron chi connectivity index (χ0n) is 11.9. The molecule has 0 atom stereocenters. The van der Waals surface area contributed by atoms with Crippen LogP contribution in [0.3, 0.4) is 0 Å². The van der Waals surface area contributed by atoms with Crippen molar-refractivity contribution < 1.29 is 4.79 Å². The monoisotopic (exact) mass is 421 g/mol. The number of hydrogen-bond donors (Lipinski definition) is 2. The molecule has 3 N–H and O–H groups in total. The number of carbonyl (C=O) groups is 1. The van der Waals surface area contributed by atoms with Crippen LogP contribution in [0.4, 0.5) is 5.82 Å². The van der Waals surface area contributed by atoms with Crippen LogP contribution in [0.1, 0.15) is 12.5 Å². The number of thioether (sulfide) groups is 1. The molecule has 6 nitrogen and oxygen atoms in total. The lowest BCUT2D eigenvalue weighted by Gasteiger charge is -2.27. The molecule has 1 aromatic rings. The standard InChI is InChI=1S/C13H19N5OS.HI/c1-10(19)17-12-3-2-11(8-15-12)9-16-13(14)18-4-6-20-7-5-18;/h2-3,8H,4-7,9H2,1H3,(H2,14,16)(H,15,17,19);1H. The Morgan fingerprint density at radius 2 is 2.19 bits per heavy atom. The van der Waals surface area contributed by atoms with E-state index >= 15 is 0 Å². The van der Waals surface area contributed by atoms with Crippen LogP contribution in [0.2, 0.25) is 0 Å². The molecule has 0 radical (unpaired) electrons. The van der Waals surface area contributed by atoms with E-state index in [1.165, 1.54) is 6.92 Å². The molecule has 21 heavy (non-hydrogen) atoms. The third-order valence-corrected chi connectivity index (χ3v) is 3.83. The van der Waals surface area contributed by atoms with Gasteiger partial charge in [-0.25, -0.2) is 9.98 Å². The molecule has 116 valence electrons.